The molecule has 31 heavy (non-hydrogen) atoms. The molecule has 0 unspecified atom stereocenters. The van der Waals surface area contributed by atoms with Crippen LogP contribution in [-0.4, -0.2) is 46.5 Å². The van der Waals surface area contributed by atoms with E-state index in [1.54, 1.807) is 4.90 Å². The van der Waals surface area contributed by atoms with Crippen LogP contribution in [0.3, 0.4) is 0 Å². The lowest BCUT2D eigenvalue weighted by Gasteiger charge is -2.30. The molecule has 1 N–H and O–H groups in total. The van der Waals surface area contributed by atoms with Gasteiger partial charge >= 0.3 is 0 Å². The highest BCUT2D eigenvalue weighted by Crippen LogP contribution is 2.28. The van der Waals surface area contributed by atoms with Crippen LogP contribution in [-0.2, 0) is 4.79 Å². The molecular weight excluding hydrogens is 392 g/mol. The standard InChI is InChI=1S/C24H26N4O3/c1-16-12-17(2)14-20(13-16)23(30)25-15-21(29)28-10-8-19(9-11-28)24-26-22(27-31-24)18-6-4-3-5-7-18/h3-7,12-14,19H,8-11,15H2,1-2H3,(H,25,30). The van der Waals surface area contributed by atoms with Gasteiger partial charge in [0.1, 0.15) is 0 Å². The minimum absolute atomic E-state index is 0.00476. The first-order valence-corrected chi connectivity index (χ1v) is 10.5. The Bertz CT molecular complexity index is 1050. The van der Waals surface area contributed by atoms with E-state index in [0.717, 1.165) is 29.5 Å². The maximum Gasteiger partial charge on any atom is 0.251 e. The first kappa shape index (κ1) is 20.8. The van der Waals surface area contributed by atoms with Gasteiger partial charge in [0.2, 0.25) is 17.6 Å². The minimum atomic E-state index is -0.227. The molecule has 7 heteroatoms. The number of aryl methyl sites for hydroxylation is 2. The quantitative estimate of drug-likeness (QED) is 0.685. The van der Waals surface area contributed by atoms with Crippen LogP contribution in [0.25, 0.3) is 11.4 Å². The maximum absolute atomic E-state index is 12.6. The van der Waals surface area contributed by atoms with E-state index in [1.165, 1.54) is 0 Å². The molecule has 3 aromatic rings. The van der Waals surface area contributed by atoms with Gasteiger partial charge in [-0.25, -0.2) is 0 Å². The monoisotopic (exact) mass is 418 g/mol. The molecule has 0 radical (unpaired) electrons. The lowest BCUT2D eigenvalue weighted by Crippen LogP contribution is -2.43. The number of nitrogens with zero attached hydrogens (tertiary/aromatic N) is 3. The Hall–Kier alpha value is -3.48. The number of likely N-dealkylation sites (tertiary alicyclic amines) is 1. The first-order valence-electron chi connectivity index (χ1n) is 10.5. The van der Waals surface area contributed by atoms with E-state index in [1.807, 2.05) is 62.4 Å². The van der Waals surface area contributed by atoms with Crippen molar-refractivity contribution in [3.8, 4) is 11.4 Å². The zero-order valence-corrected chi connectivity index (χ0v) is 17.8. The van der Waals surface area contributed by atoms with Crippen molar-refractivity contribution in [1.82, 2.24) is 20.4 Å². The zero-order chi connectivity index (χ0) is 21.8. The number of carbonyl (C=O) groups excluding carboxylic acids is 2. The molecule has 0 spiro atoms. The number of hydrogen-bond acceptors (Lipinski definition) is 5. The van der Waals surface area contributed by atoms with Gasteiger partial charge in [0.25, 0.3) is 5.91 Å². The Morgan fingerprint density at radius 3 is 2.42 bits per heavy atom. The Labute approximate surface area is 181 Å². The van der Waals surface area contributed by atoms with E-state index in [-0.39, 0.29) is 24.3 Å². The second kappa shape index (κ2) is 9.12. The third-order valence-electron chi connectivity index (χ3n) is 5.55. The van der Waals surface area contributed by atoms with Crippen LogP contribution in [0.15, 0.2) is 53.1 Å². The van der Waals surface area contributed by atoms with Crippen molar-refractivity contribution < 1.29 is 14.1 Å². The number of rotatable bonds is 5. The second-order valence-electron chi connectivity index (χ2n) is 8.04. The van der Waals surface area contributed by atoms with Gasteiger partial charge in [-0.2, -0.15) is 4.98 Å². The highest BCUT2D eigenvalue weighted by molar-refractivity contribution is 5.96. The molecule has 4 rings (SSSR count). The van der Waals surface area contributed by atoms with E-state index < -0.39 is 0 Å². The largest absolute Gasteiger partial charge is 0.343 e. The second-order valence-corrected chi connectivity index (χ2v) is 8.04. The number of nitrogens with one attached hydrogen (secondary N) is 1. The van der Waals surface area contributed by atoms with Crippen LogP contribution in [0.1, 0.15) is 46.1 Å². The van der Waals surface area contributed by atoms with Gasteiger partial charge in [0, 0.05) is 30.1 Å². The summed E-state index contributed by atoms with van der Waals surface area (Å²) in [5.74, 6) is 1.04. The summed E-state index contributed by atoms with van der Waals surface area (Å²) in [4.78, 5) is 31.3. The fourth-order valence-corrected chi connectivity index (χ4v) is 3.96. The minimum Gasteiger partial charge on any atom is -0.343 e. The molecule has 7 nitrogen and oxygen atoms in total. The van der Waals surface area contributed by atoms with Gasteiger partial charge in [-0.15, -0.1) is 0 Å². The Balaban J connectivity index is 1.28. The fourth-order valence-electron chi connectivity index (χ4n) is 3.96. The van der Waals surface area contributed by atoms with Crippen molar-refractivity contribution in [2.45, 2.75) is 32.6 Å². The summed E-state index contributed by atoms with van der Waals surface area (Å²) in [6, 6.07) is 15.4. The summed E-state index contributed by atoms with van der Waals surface area (Å²) in [6.07, 6.45) is 1.51. The van der Waals surface area contributed by atoms with Gasteiger partial charge < -0.3 is 14.7 Å². The molecule has 160 valence electrons. The predicted octanol–water partition coefficient (Wildman–Crippen LogP) is 3.49. The van der Waals surface area contributed by atoms with E-state index in [4.69, 9.17) is 4.52 Å². The van der Waals surface area contributed by atoms with Crippen molar-refractivity contribution in [1.29, 1.82) is 0 Å². The molecule has 1 saturated heterocycles. The van der Waals surface area contributed by atoms with Gasteiger partial charge in [-0.1, -0.05) is 52.7 Å². The molecule has 0 aliphatic carbocycles. The third-order valence-corrected chi connectivity index (χ3v) is 5.55. The zero-order valence-electron chi connectivity index (χ0n) is 17.8. The summed E-state index contributed by atoms with van der Waals surface area (Å²) in [7, 11) is 0. The van der Waals surface area contributed by atoms with Crippen molar-refractivity contribution in [3.05, 3.63) is 71.1 Å². The van der Waals surface area contributed by atoms with Gasteiger partial charge in [-0.3, -0.25) is 9.59 Å². The molecule has 1 aromatic heterocycles. The normalized spacial score (nSPS) is 14.5. The predicted molar refractivity (Wildman–Crippen MR) is 117 cm³/mol. The summed E-state index contributed by atoms with van der Waals surface area (Å²) in [5, 5.41) is 6.84. The number of aromatic nitrogens is 2. The SMILES string of the molecule is Cc1cc(C)cc(C(=O)NCC(=O)N2CCC(c3nc(-c4ccccc4)no3)CC2)c1. The summed E-state index contributed by atoms with van der Waals surface area (Å²) in [5.41, 5.74) is 3.55. The molecule has 1 aliphatic heterocycles. The number of benzene rings is 2. The number of piperidine rings is 1. The molecule has 0 saturated carbocycles. The Morgan fingerprint density at radius 2 is 1.74 bits per heavy atom. The fraction of sp³-hybridized carbons (Fsp3) is 0.333. The topological polar surface area (TPSA) is 88.3 Å². The van der Waals surface area contributed by atoms with Crippen LogP contribution in [0.5, 0.6) is 0 Å². The highest BCUT2D eigenvalue weighted by Gasteiger charge is 2.27. The molecule has 2 heterocycles. The van der Waals surface area contributed by atoms with Gasteiger partial charge in [0.05, 0.1) is 6.54 Å². The molecule has 2 aromatic carbocycles. The van der Waals surface area contributed by atoms with Crippen LogP contribution in [0.2, 0.25) is 0 Å². The first-order chi connectivity index (χ1) is 15.0. The molecule has 2 amide bonds. The lowest BCUT2D eigenvalue weighted by atomic mass is 9.96. The van der Waals surface area contributed by atoms with Crippen LogP contribution >= 0.6 is 0 Å². The summed E-state index contributed by atoms with van der Waals surface area (Å²) < 4.78 is 5.48. The molecule has 0 bridgehead atoms. The van der Waals surface area contributed by atoms with Crippen molar-refractivity contribution in [2.24, 2.45) is 0 Å². The van der Waals surface area contributed by atoms with Crippen LogP contribution < -0.4 is 5.32 Å². The van der Waals surface area contributed by atoms with Crippen molar-refractivity contribution in [3.63, 3.8) is 0 Å². The van der Waals surface area contributed by atoms with Gasteiger partial charge in [-0.05, 0) is 38.8 Å². The smallest absolute Gasteiger partial charge is 0.251 e. The summed E-state index contributed by atoms with van der Waals surface area (Å²) in [6.45, 7) is 5.10. The molecule has 0 atom stereocenters. The number of amides is 2. The van der Waals surface area contributed by atoms with Crippen molar-refractivity contribution >= 4 is 11.8 Å². The highest BCUT2D eigenvalue weighted by atomic mass is 16.5. The lowest BCUT2D eigenvalue weighted by molar-refractivity contribution is -0.131. The van der Waals surface area contributed by atoms with Gasteiger partial charge in [0.15, 0.2) is 0 Å². The number of carbonyl (C=O) groups is 2. The average molecular weight is 418 g/mol. The van der Waals surface area contributed by atoms with E-state index >= 15 is 0 Å². The van der Waals surface area contributed by atoms with Crippen LogP contribution in [0, 0.1) is 13.8 Å². The van der Waals surface area contributed by atoms with Crippen molar-refractivity contribution in [2.75, 3.05) is 19.6 Å². The number of hydrogen-bond donors (Lipinski definition) is 1. The van der Waals surface area contributed by atoms with E-state index in [2.05, 4.69) is 15.5 Å². The molecular formula is C24H26N4O3. The van der Waals surface area contributed by atoms with E-state index in [0.29, 0.717) is 30.4 Å². The third kappa shape index (κ3) is 4.99. The summed E-state index contributed by atoms with van der Waals surface area (Å²) >= 11 is 0. The molecule has 1 aliphatic rings. The van der Waals surface area contributed by atoms with Crippen LogP contribution in [0.4, 0.5) is 0 Å². The van der Waals surface area contributed by atoms with E-state index in [9.17, 15) is 9.59 Å². The average Bonchev–Trinajstić information content (AvgIpc) is 3.27. The Kier molecular flexibility index (Phi) is 6.11. The maximum atomic E-state index is 12.6. The molecule has 1 fully saturated rings. The Morgan fingerprint density at radius 1 is 1.06 bits per heavy atom.